The van der Waals surface area contributed by atoms with Crippen molar-refractivity contribution >= 4 is 22.4 Å². The van der Waals surface area contributed by atoms with Gasteiger partial charge in [-0.1, -0.05) is 67.9 Å². The lowest BCUT2D eigenvalue weighted by Gasteiger charge is -2.16. The van der Waals surface area contributed by atoms with Crippen molar-refractivity contribution in [1.82, 2.24) is 5.32 Å². The second-order valence-corrected chi connectivity index (χ2v) is 7.48. The molecule has 1 N–H and O–H groups in total. The highest BCUT2D eigenvalue weighted by atomic mass is 35.5. The van der Waals surface area contributed by atoms with Crippen LogP contribution in [0.4, 0.5) is 0 Å². The van der Waals surface area contributed by atoms with Crippen LogP contribution in [0.5, 0.6) is 5.75 Å². The number of hydrogen-bond donors (Lipinski definition) is 1. The molecule has 0 bridgehead atoms. The third kappa shape index (κ3) is 5.00. The summed E-state index contributed by atoms with van der Waals surface area (Å²) in [5, 5.41) is 6.79. The van der Waals surface area contributed by atoms with E-state index in [1.165, 1.54) is 22.8 Å². The standard InChI is InChI=1S/C23H26ClNO/c1-17(2)12-13-25-15-22-21-9-4-3-7-19(21)10-11-23(22)26-16-18-6-5-8-20(24)14-18/h3-11,14,17,25H,12-13,15-16H2,1-2H3. The van der Waals surface area contributed by atoms with Gasteiger partial charge in [-0.15, -0.1) is 0 Å². The molecule has 0 heterocycles. The average Bonchev–Trinajstić information content (AvgIpc) is 2.64. The van der Waals surface area contributed by atoms with E-state index in [-0.39, 0.29) is 0 Å². The van der Waals surface area contributed by atoms with Gasteiger partial charge in [0.1, 0.15) is 12.4 Å². The third-order valence-corrected chi connectivity index (χ3v) is 4.72. The van der Waals surface area contributed by atoms with Gasteiger partial charge in [0.15, 0.2) is 0 Å². The first kappa shape index (κ1) is 18.8. The van der Waals surface area contributed by atoms with Crippen LogP contribution in [0.15, 0.2) is 60.7 Å². The molecule has 0 atom stereocenters. The van der Waals surface area contributed by atoms with Crippen LogP contribution in [-0.4, -0.2) is 6.54 Å². The second kappa shape index (κ2) is 9.07. The van der Waals surface area contributed by atoms with Gasteiger partial charge in [-0.25, -0.2) is 0 Å². The molecule has 0 spiro atoms. The predicted molar refractivity (Wildman–Crippen MR) is 111 cm³/mol. The van der Waals surface area contributed by atoms with E-state index in [1.54, 1.807) is 0 Å². The third-order valence-electron chi connectivity index (χ3n) is 4.48. The zero-order valence-corrected chi connectivity index (χ0v) is 16.2. The first-order chi connectivity index (χ1) is 12.6. The van der Waals surface area contributed by atoms with Gasteiger partial charge in [-0.3, -0.25) is 0 Å². The summed E-state index contributed by atoms with van der Waals surface area (Å²) < 4.78 is 6.17. The second-order valence-electron chi connectivity index (χ2n) is 7.04. The average molecular weight is 368 g/mol. The number of rotatable bonds is 8. The lowest BCUT2D eigenvalue weighted by molar-refractivity contribution is 0.302. The number of halogens is 1. The molecule has 2 nitrogen and oxygen atoms in total. The molecule has 0 aromatic heterocycles. The SMILES string of the molecule is CC(C)CCNCc1c(OCc2cccc(Cl)c2)ccc2ccccc12. The van der Waals surface area contributed by atoms with Crippen molar-refractivity contribution in [3.8, 4) is 5.75 Å². The lowest BCUT2D eigenvalue weighted by Crippen LogP contribution is -2.17. The van der Waals surface area contributed by atoms with Crippen molar-refractivity contribution in [3.05, 3.63) is 76.8 Å². The zero-order valence-electron chi connectivity index (χ0n) is 15.5. The van der Waals surface area contributed by atoms with Crippen molar-refractivity contribution in [2.75, 3.05) is 6.54 Å². The van der Waals surface area contributed by atoms with Crippen molar-refractivity contribution in [1.29, 1.82) is 0 Å². The highest BCUT2D eigenvalue weighted by Gasteiger charge is 2.09. The summed E-state index contributed by atoms with van der Waals surface area (Å²) in [4.78, 5) is 0. The molecule has 3 aromatic rings. The smallest absolute Gasteiger partial charge is 0.124 e. The molecular formula is C23H26ClNO. The Bertz CT molecular complexity index is 860. The molecule has 0 radical (unpaired) electrons. The van der Waals surface area contributed by atoms with Gasteiger partial charge < -0.3 is 10.1 Å². The van der Waals surface area contributed by atoms with Crippen molar-refractivity contribution in [3.63, 3.8) is 0 Å². The summed E-state index contributed by atoms with van der Waals surface area (Å²) in [6, 6.07) is 20.5. The maximum absolute atomic E-state index is 6.17. The molecule has 26 heavy (non-hydrogen) atoms. The fraction of sp³-hybridized carbons (Fsp3) is 0.304. The summed E-state index contributed by atoms with van der Waals surface area (Å²) in [7, 11) is 0. The first-order valence-corrected chi connectivity index (χ1v) is 9.60. The van der Waals surface area contributed by atoms with Gasteiger partial charge in [0, 0.05) is 17.1 Å². The fourth-order valence-corrected chi connectivity index (χ4v) is 3.24. The largest absolute Gasteiger partial charge is 0.489 e. The van der Waals surface area contributed by atoms with E-state index < -0.39 is 0 Å². The van der Waals surface area contributed by atoms with Gasteiger partial charge >= 0.3 is 0 Å². The van der Waals surface area contributed by atoms with E-state index in [0.717, 1.165) is 29.4 Å². The quantitative estimate of drug-likeness (QED) is 0.478. The van der Waals surface area contributed by atoms with E-state index in [2.05, 4.69) is 55.6 Å². The summed E-state index contributed by atoms with van der Waals surface area (Å²) in [6.45, 7) is 6.82. The van der Waals surface area contributed by atoms with Crippen molar-refractivity contribution in [2.45, 2.75) is 33.4 Å². The number of ether oxygens (including phenoxy) is 1. The highest BCUT2D eigenvalue weighted by Crippen LogP contribution is 2.29. The molecule has 0 aliphatic carbocycles. The van der Waals surface area contributed by atoms with Gasteiger partial charge in [0.2, 0.25) is 0 Å². The molecule has 3 aromatic carbocycles. The molecule has 3 heteroatoms. The molecule has 0 saturated heterocycles. The molecule has 0 amide bonds. The monoisotopic (exact) mass is 367 g/mol. The van der Waals surface area contributed by atoms with Crippen LogP contribution in [0.25, 0.3) is 10.8 Å². The number of fused-ring (bicyclic) bond motifs is 1. The van der Waals surface area contributed by atoms with Crippen LogP contribution in [-0.2, 0) is 13.2 Å². The normalized spacial score (nSPS) is 11.2. The van der Waals surface area contributed by atoms with E-state index in [4.69, 9.17) is 16.3 Å². The summed E-state index contributed by atoms with van der Waals surface area (Å²) >= 11 is 6.08. The Labute approximate surface area is 161 Å². The lowest BCUT2D eigenvalue weighted by atomic mass is 10.0. The Morgan fingerprint density at radius 1 is 1.00 bits per heavy atom. The van der Waals surface area contributed by atoms with Crippen molar-refractivity contribution < 1.29 is 4.74 Å². The Hall–Kier alpha value is -2.03. The molecule has 136 valence electrons. The Kier molecular flexibility index (Phi) is 6.54. The summed E-state index contributed by atoms with van der Waals surface area (Å²) in [6.07, 6.45) is 1.17. The van der Waals surface area contributed by atoms with Crippen LogP contribution in [0.1, 0.15) is 31.4 Å². The van der Waals surface area contributed by atoms with Gasteiger partial charge in [-0.05, 0) is 53.4 Å². The van der Waals surface area contributed by atoms with Crippen molar-refractivity contribution in [2.24, 2.45) is 5.92 Å². The van der Waals surface area contributed by atoms with Crippen LogP contribution in [0.2, 0.25) is 5.02 Å². The van der Waals surface area contributed by atoms with Gasteiger partial charge in [0.25, 0.3) is 0 Å². The van der Waals surface area contributed by atoms with E-state index >= 15 is 0 Å². The molecule has 3 rings (SSSR count). The minimum Gasteiger partial charge on any atom is -0.489 e. The molecule has 0 saturated carbocycles. The maximum Gasteiger partial charge on any atom is 0.124 e. The Morgan fingerprint density at radius 2 is 1.85 bits per heavy atom. The molecule has 0 unspecified atom stereocenters. The predicted octanol–water partition coefficient (Wildman–Crippen LogP) is 6.21. The zero-order chi connectivity index (χ0) is 18.4. The highest BCUT2D eigenvalue weighted by molar-refractivity contribution is 6.30. The van der Waals surface area contributed by atoms with E-state index in [0.29, 0.717) is 12.5 Å². The topological polar surface area (TPSA) is 21.3 Å². The fourth-order valence-electron chi connectivity index (χ4n) is 3.03. The molecule has 0 aliphatic heterocycles. The molecular weight excluding hydrogens is 342 g/mol. The van der Waals surface area contributed by atoms with Crippen LogP contribution < -0.4 is 10.1 Å². The first-order valence-electron chi connectivity index (χ1n) is 9.22. The number of benzene rings is 3. The van der Waals surface area contributed by atoms with Gasteiger partial charge in [0.05, 0.1) is 0 Å². The molecule has 0 fully saturated rings. The minimum absolute atomic E-state index is 0.512. The van der Waals surface area contributed by atoms with E-state index in [9.17, 15) is 0 Å². The Balaban J connectivity index is 1.80. The van der Waals surface area contributed by atoms with Gasteiger partial charge in [-0.2, -0.15) is 0 Å². The van der Waals surface area contributed by atoms with E-state index in [1.807, 2.05) is 24.3 Å². The maximum atomic E-state index is 6.17. The molecule has 0 aliphatic rings. The van der Waals surface area contributed by atoms with Crippen LogP contribution in [0, 0.1) is 5.92 Å². The number of nitrogens with one attached hydrogen (secondary N) is 1. The minimum atomic E-state index is 0.512. The Morgan fingerprint density at radius 3 is 2.65 bits per heavy atom. The van der Waals surface area contributed by atoms with Crippen LogP contribution >= 0.6 is 11.6 Å². The summed E-state index contributed by atoms with van der Waals surface area (Å²) in [5.41, 5.74) is 2.29. The number of hydrogen-bond acceptors (Lipinski definition) is 2. The van der Waals surface area contributed by atoms with Crippen LogP contribution in [0.3, 0.4) is 0 Å². The summed E-state index contributed by atoms with van der Waals surface area (Å²) in [5.74, 6) is 1.63.